The highest BCUT2D eigenvalue weighted by Crippen LogP contribution is 2.46. The third kappa shape index (κ3) is 6.25. The van der Waals surface area contributed by atoms with E-state index in [4.69, 9.17) is 14.1 Å². The van der Waals surface area contributed by atoms with E-state index in [2.05, 4.69) is 10.0 Å². The van der Waals surface area contributed by atoms with Crippen molar-refractivity contribution in [2.45, 2.75) is 87.1 Å². The number of nitrogens with one attached hydrogen (secondary N) is 2. The highest BCUT2D eigenvalue weighted by molar-refractivity contribution is 7.91. The highest BCUT2D eigenvalue weighted by atomic mass is 32.2. The van der Waals surface area contributed by atoms with Crippen LogP contribution in [0.2, 0.25) is 0 Å². The average molecular weight is 697 g/mol. The van der Waals surface area contributed by atoms with Gasteiger partial charge in [0, 0.05) is 35.8 Å². The molecule has 4 heterocycles. The maximum absolute atomic E-state index is 14.2. The van der Waals surface area contributed by atoms with E-state index in [0.717, 1.165) is 36.6 Å². The Hall–Kier alpha value is -4.71. The van der Waals surface area contributed by atoms with Crippen LogP contribution < -0.4 is 14.8 Å². The van der Waals surface area contributed by atoms with Crippen LogP contribution in [0.3, 0.4) is 0 Å². The zero-order chi connectivity index (χ0) is 34.5. The maximum Gasteiger partial charge on any atom is 0.259 e. The second-order valence-corrected chi connectivity index (χ2v) is 16.0. The van der Waals surface area contributed by atoms with Gasteiger partial charge in [-0.1, -0.05) is 67.5 Å². The molecule has 0 radical (unpaired) electrons. The molecule has 4 atom stereocenters. The quantitative estimate of drug-likeness (QED) is 0.255. The number of pyridine rings is 1. The van der Waals surface area contributed by atoms with Gasteiger partial charge in [0.15, 0.2) is 11.3 Å². The summed E-state index contributed by atoms with van der Waals surface area (Å²) >= 11 is 0. The third-order valence-corrected chi connectivity index (χ3v) is 12.2. The smallest absolute Gasteiger partial charge is 0.259 e. The normalized spacial score (nSPS) is 26.7. The first-order valence-electron chi connectivity index (χ1n) is 17.6. The zero-order valence-electron chi connectivity index (χ0n) is 27.7. The third-order valence-electron chi connectivity index (χ3n) is 10.4. The van der Waals surface area contributed by atoms with E-state index in [9.17, 15) is 22.8 Å². The van der Waals surface area contributed by atoms with Gasteiger partial charge in [0.05, 0.1) is 17.5 Å². The van der Waals surface area contributed by atoms with Crippen LogP contribution in [0.25, 0.3) is 33.3 Å². The Morgan fingerprint density at radius 1 is 1.02 bits per heavy atom. The summed E-state index contributed by atoms with van der Waals surface area (Å²) in [5, 5.41) is 3.19. The average Bonchev–Trinajstić information content (AvgIpc) is 4.01. The van der Waals surface area contributed by atoms with Crippen molar-refractivity contribution in [3.8, 4) is 17.0 Å². The molecule has 4 aliphatic rings. The highest BCUT2D eigenvalue weighted by Gasteiger charge is 2.62. The molecule has 11 nitrogen and oxygen atoms in total. The van der Waals surface area contributed by atoms with Crippen LogP contribution >= 0.6 is 0 Å². The number of para-hydroxylation sites is 1. The van der Waals surface area contributed by atoms with E-state index >= 15 is 0 Å². The first-order chi connectivity index (χ1) is 24.2. The van der Waals surface area contributed by atoms with Crippen molar-refractivity contribution in [1.82, 2.24) is 19.9 Å². The SMILES string of the molecule is O=C1N[C@]2(C(=O)NS(=O)(=O)C3CC3)C[C@H]2/C=C\CCCCCCC(=O)N2C[C@H](Oc3cc(-c4ccccc4)nc4c3oc3ccccc34)C[C@@H]12. The molecular weight excluding hydrogens is 657 g/mol. The number of nitrogens with zero attached hydrogens (tertiary/aromatic N) is 2. The van der Waals surface area contributed by atoms with Crippen LogP contribution in [-0.4, -0.2) is 65.5 Å². The van der Waals surface area contributed by atoms with Crippen molar-refractivity contribution < 1.29 is 32.0 Å². The fraction of sp³-hybridized carbons (Fsp3) is 0.421. The molecule has 2 aliphatic carbocycles. The lowest BCUT2D eigenvalue weighted by atomic mass is 10.1. The molecule has 12 heteroatoms. The fourth-order valence-corrected chi connectivity index (χ4v) is 8.71. The molecule has 1 saturated heterocycles. The topological polar surface area (TPSA) is 148 Å². The lowest BCUT2D eigenvalue weighted by Crippen LogP contribution is -2.56. The molecular formula is C38H40N4O7S. The molecule has 2 saturated carbocycles. The molecule has 8 rings (SSSR count). The van der Waals surface area contributed by atoms with Crippen molar-refractivity contribution in [2.75, 3.05) is 6.54 Å². The van der Waals surface area contributed by atoms with Crippen LogP contribution in [0.5, 0.6) is 5.75 Å². The Balaban J connectivity index is 1.10. The van der Waals surface area contributed by atoms with Crippen molar-refractivity contribution in [2.24, 2.45) is 5.92 Å². The van der Waals surface area contributed by atoms with Crippen molar-refractivity contribution in [3.05, 3.63) is 72.8 Å². The number of amides is 3. The number of allylic oxidation sites excluding steroid dienone is 1. The summed E-state index contributed by atoms with van der Waals surface area (Å²) in [6.45, 7) is 0.167. The Morgan fingerprint density at radius 3 is 2.62 bits per heavy atom. The molecule has 2 N–H and O–H groups in total. The van der Waals surface area contributed by atoms with Crippen LogP contribution in [0.15, 0.2) is 77.2 Å². The molecule has 4 aromatic rings. The standard InChI is InChI=1S/C38H40N4O7S/c43-33-17-9-4-2-1-3-8-14-25-22-38(25,37(45)41-50(46,47)27-18-19-27)40-36(44)30-20-26(23-42(30)33)48-32-21-29(24-12-6-5-7-13-24)39-34-28-15-10-11-16-31(28)49-35(32)34/h5-8,10-16,21,25-27,30H,1-4,9,17-20,22-23H2,(H,40,44)(H,41,45)/b14-8-/t25-,26-,30+,38-/m1/s1. The van der Waals surface area contributed by atoms with E-state index in [-0.39, 0.29) is 31.2 Å². The van der Waals surface area contributed by atoms with Gasteiger partial charge in [-0.3, -0.25) is 19.1 Å². The lowest BCUT2D eigenvalue weighted by Gasteiger charge is -2.26. The van der Waals surface area contributed by atoms with Crippen molar-refractivity contribution in [1.29, 1.82) is 0 Å². The molecule has 260 valence electrons. The summed E-state index contributed by atoms with van der Waals surface area (Å²) in [5.41, 5.74) is 1.99. The number of ether oxygens (including phenoxy) is 1. The van der Waals surface area contributed by atoms with Crippen molar-refractivity contribution >= 4 is 49.8 Å². The van der Waals surface area contributed by atoms with Gasteiger partial charge < -0.3 is 19.4 Å². The summed E-state index contributed by atoms with van der Waals surface area (Å²) in [7, 11) is -3.83. The van der Waals surface area contributed by atoms with Gasteiger partial charge in [0.25, 0.3) is 5.91 Å². The van der Waals surface area contributed by atoms with Crippen LogP contribution in [0.1, 0.15) is 64.2 Å². The number of fused-ring (bicyclic) bond motifs is 5. The number of hydrogen-bond donors (Lipinski definition) is 2. The minimum atomic E-state index is -3.83. The van der Waals surface area contributed by atoms with Gasteiger partial charge in [0.2, 0.25) is 21.8 Å². The molecule has 0 spiro atoms. The molecule has 2 aromatic carbocycles. The van der Waals surface area contributed by atoms with Crippen LogP contribution in [-0.2, 0) is 24.4 Å². The largest absolute Gasteiger partial charge is 0.484 e. The van der Waals surface area contributed by atoms with Gasteiger partial charge >= 0.3 is 0 Å². The second-order valence-electron chi connectivity index (χ2n) is 14.0. The first kappa shape index (κ1) is 32.5. The lowest BCUT2D eigenvalue weighted by molar-refractivity contribution is -0.139. The number of aromatic nitrogens is 1. The summed E-state index contributed by atoms with van der Waals surface area (Å²) in [4.78, 5) is 48.0. The molecule has 0 bridgehead atoms. The van der Waals surface area contributed by atoms with Crippen molar-refractivity contribution in [3.63, 3.8) is 0 Å². The number of carbonyl (C=O) groups excluding carboxylic acids is 3. The summed E-state index contributed by atoms with van der Waals surface area (Å²) in [5.74, 6) is -1.27. The Bertz CT molecular complexity index is 2110. The maximum atomic E-state index is 14.2. The number of furan rings is 1. The molecule has 3 amide bonds. The minimum Gasteiger partial charge on any atom is -0.484 e. The summed E-state index contributed by atoms with van der Waals surface area (Å²) in [6.07, 6.45) is 9.44. The van der Waals surface area contributed by atoms with Gasteiger partial charge in [0.1, 0.15) is 28.8 Å². The Morgan fingerprint density at radius 2 is 1.80 bits per heavy atom. The van der Waals surface area contributed by atoms with Gasteiger partial charge in [-0.15, -0.1) is 0 Å². The predicted molar refractivity (Wildman–Crippen MR) is 187 cm³/mol. The monoisotopic (exact) mass is 696 g/mol. The van der Waals surface area contributed by atoms with E-state index < -0.39 is 44.8 Å². The molecule has 2 aromatic heterocycles. The van der Waals surface area contributed by atoms with E-state index in [0.29, 0.717) is 53.8 Å². The van der Waals surface area contributed by atoms with Gasteiger partial charge in [-0.2, -0.15) is 0 Å². The molecule has 3 fully saturated rings. The van der Waals surface area contributed by atoms with E-state index in [1.165, 1.54) is 0 Å². The minimum absolute atomic E-state index is 0.153. The number of sulfonamides is 1. The van der Waals surface area contributed by atoms with Crippen LogP contribution in [0, 0.1) is 5.92 Å². The zero-order valence-corrected chi connectivity index (χ0v) is 28.5. The molecule has 2 aliphatic heterocycles. The van der Waals surface area contributed by atoms with Gasteiger partial charge in [-0.05, 0) is 50.7 Å². The summed E-state index contributed by atoms with van der Waals surface area (Å²) in [6, 6.07) is 18.3. The number of rotatable bonds is 6. The second kappa shape index (κ2) is 12.9. The number of carbonyl (C=O) groups is 3. The predicted octanol–water partition coefficient (Wildman–Crippen LogP) is 5.39. The van der Waals surface area contributed by atoms with Gasteiger partial charge in [-0.25, -0.2) is 13.4 Å². The van der Waals surface area contributed by atoms with E-state index in [1.54, 1.807) is 4.90 Å². The summed E-state index contributed by atoms with van der Waals surface area (Å²) < 4.78 is 40.7. The fourth-order valence-electron chi connectivity index (χ4n) is 7.35. The molecule has 0 unspecified atom stereocenters. The Kier molecular flexibility index (Phi) is 8.37. The first-order valence-corrected chi connectivity index (χ1v) is 19.1. The number of hydrogen-bond acceptors (Lipinski definition) is 8. The van der Waals surface area contributed by atoms with Crippen LogP contribution in [0.4, 0.5) is 0 Å². The molecule has 50 heavy (non-hydrogen) atoms. The Labute approximate surface area is 290 Å². The number of benzene rings is 2. The van der Waals surface area contributed by atoms with E-state index in [1.807, 2.05) is 72.8 Å².